The van der Waals surface area contributed by atoms with Gasteiger partial charge < -0.3 is 14.8 Å². The second kappa shape index (κ2) is 7.28. The third-order valence-corrected chi connectivity index (χ3v) is 4.68. The average Bonchev–Trinajstić information content (AvgIpc) is 2.95. The molecule has 3 rings (SSSR count). The smallest absolute Gasteiger partial charge is 0.122 e. The van der Waals surface area contributed by atoms with Crippen LogP contribution < -0.4 is 10.1 Å². The molecule has 0 spiro atoms. The van der Waals surface area contributed by atoms with Crippen molar-refractivity contribution in [3.8, 4) is 5.75 Å². The van der Waals surface area contributed by atoms with Crippen LogP contribution in [0.2, 0.25) is 0 Å². The summed E-state index contributed by atoms with van der Waals surface area (Å²) >= 11 is 0. The van der Waals surface area contributed by atoms with Gasteiger partial charge in [0.2, 0.25) is 0 Å². The maximum Gasteiger partial charge on any atom is 0.122 e. The van der Waals surface area contributed by atoms with Crippen LogP contribution in [0.1, 0.15) is 49.8 Å². The van der Waals surface area contributed by atoms with Crippen molar-refractivity contribution in [1.82, 2.24) is 5.32 Å². The molecule has 0 amide bonds. The monoisotopic (exact) mass is 289 g/mol. The summed E-state index contributed by atoms with van der Waals surface area (Å²) in [7, 11) is 0. The predicted molar refractivity (Wildman–Crippen MR) is 84.8 cm³/mol. The molecule has 0 aromatic heterocycles. The molecule has 3 nitrogen and oxygen atoms in total. The summed E-state index contributed by atoms with van der Waals surface area (Å²) in [4.78, 5) is 0. The summed E-state index contributed by atoms with van der Waals surface area (Å²) in [6.07, 6.45) is 5.80. The Labute approximate surface area is 128 Å². The minimum atomic E-state index is 0.520. The lowest BCUT2D eigenvalue weighted by molar-refractivity contribution is 0.0496. The van der Waals surface area contributed by atoms with Crippen molar-refractivity contribution in [2.45, 2.75) is 45.1 Å². The Hall–Kier alpha value is -1.06. The molecule has 1 unspecified atom stereocenters. The van der Waals surface area contributed by atoms with Crippen molar-refractivity contribution in [2.75, 3.05) is 26.4 Å². The van der Waals surface area contributed by atoms with Crippen LogP contribution in [0.15, 0.2) is 18.2 Å². The van der Waals surface area contributed by atoms with Gasteiger partial charge in [-0.1, -0.05) is 19.1 Å². The van der Waals surface area contributed by atoms with Gasteiger partial charge in [-0.2, -0.15) is 0 Å². The van der Waals surface area contributed by atoms with Crippen LogP contribution in [0, 0.1) is 5.92 Å². The number of ether oxygens (including phenoxy) is 2. The second-order valence-corrected chi connectivity index (χ2v) is 6.24. The third-order valence-electron chi connectivity index (χ3n) is 4.68. The van der Waals surface area contributed by atoms with Gasteiger partial charge in [0.25, 0.3) is 0 Å². The van der Waals surface area contributed by atoms with E-state index in [0.29, 0.717) is 12.0 Å². The molecule has 2 aliphatic rings. The number of rotatable bonds is 6. The standard InChI is InChI=1S/C18H27NO2/c1-2-10-19-17-7-6-16-15(17)4-3-5-18(16)21-13-14-8-11-20-12-9-14/h3-5,14,17,19H,2,6-13H2,1H3. The highest BCUT2D eigenvalue weighted by Gasteiger charge is 2.25. The quantitative estimate of drug-likeness (QED) is 0.869. The van der Waals surface area contributed by atoms with Gasteiger partial charge in [-0.05, 0) is 61.8 Å². The molecule has 1 aliphatic heterocycles. The van der Waals surface area contributed by atoms with E-state index < -0.39 is 0 Å². The molecular formula is C18H27NO2. The molecule has 116 valence electrons. The minimum absolute atomic E-state index is 0.520. The van der Waals surface area contributed by atoms with E-state index in [1.54, 1.807) is 0 Å². The van der Waals surface area contributed by atoms with E-state index in [2.05, 4.69) is 30.4 Å². The molecule has 1 aromatic carbocycles. The normalized spacial score (nSPS) is 22.2. The molecule has 1 fully saturated rings. The summed E-state index contributed by atoms with van der Waals surface area (Å²) < 4.78 is 11.6. The highest BCUT2D eigenvalue weighted by atomic mass is 16.5. The van der Waals surface area contributed by atoms with Gasteiger partial charge in [0.05, 0.1) is 6.61 Å². The van der Waals surface area contributed by atoms with Crippen LogP contribution >= 0.6 is 0 Å². The van der Waals surface area contributed by atoms with Crippen molar-refractivity contribution < 1.29 is 9.47 Å². The Morgan fingerprint density at radius 1 is 1.24 bits per heavy atom. The Bertz CT molecular complexity index is 455. The lowest BCUT2D eigenvalue weighted by Gasteiger charge is -2.23. The lowest BCUT2D eigenvalue weighted by atomic mass is 10.0. The maximum absolute atomic E-state index is 6.16. The van der Waals surface area contributed by atoms with Gasteiger partial charge in [-0.25, -0.2) is 0 Å². The minimum Gasteiger partial charge on any atom is -0.493 e. The van der Waals surface area contributed by atoms with E-state index in [1.807, 2.05) is 0 Å². The average molecular weight is 289 g/mol. The largest absolute Gasteiger partial charge is 0.493 e. The molecular weight excluding hydrogens is 262 g/mol. The predicted octanol–water partition coefficient (Wildman–Crippen LogP) is 3.48. The molecule has 3 heteroatoms. The van der Waals surface area contributed by atoms with Gasteiger partial charge in [0.1, 0.15) is 5.75 Å². The molecule has 0 bridgehead atoms. The van der Waals surface area contributed by atoms with Crippen LogP contribution in [0.25, 0.3) is 0 Å². The van der Waals surface area contributed by atoms with Crippen LogP contribution in [0.4, 0.5) is 0 Å². The van der Waals surface area contributed by atoms with Crippen LogP contribution in [0.5, 0.6) is 5.75 Å². The molecule has 1 aromatic rings. The van der Waals surface area contributed by atoms with Crippen molar-refractivity contribution in [3.05, 3.63) is 29.3 Å². The number of hydrogen-bond donors (Lipinski definition) is 1. The number of nitrogens with one attached hydrogen (secondary N) is 1. The Morgan fingerprint density at radius 2 is 2.10 bits per heavy atom. The molecule has 0 saturated carbocycles. The first-order valence-corrected chi connectivity index (χ1v) is 8.44. The zero-order chi connectivity index (χ0) is 14.5. The van der Waals surface area contributed by atoms with Crippen molar-refractivity contribution in [2.24, 2.45) is 5.92 Å². The Kier molecular flexibility index (Phi) is 5.15. The van der Waals surface area contributed by atoms with Gasteiger partial charge >= 0.3 is 0 Å². The fourth-order valence-corrected chi connectivity index (χ4v) is 3.41. The highest BCUT2D eigenvalue weighted by Crippen LogP contribution is 2.37. The van der Waals surface area contributed by atoms with E-state index in [-0.39, 0.29) is 0 Å². The SMILES string of the molecule is CCCNC1CCc2c(OCC3CCOCC3)cccc21. The fraction of sp³-hybridized carbons (Fsp3) is 0.667. The maximum atomic E-state index is 6.16. The fourth-order valence-electron chi connectivity index (χ4n) is 3.41. The molecule has 1 saturated heterocycles. The molecule has 1 heterocycles. The van der Waals surface area contributed by atoms with Crippen LogP contribution in [-0.2, 0) is 11.2 Å². The topological polar surface area (TPSA) is 30.5 Å². The summed E-state index contributed by atoms with van der Waals surface area (Å²) in [6, 6.07) is 7.06. The Morgan fingerprint density at radius 3 is 2.90 bits per heavy atom. The summed E-state index contributed by atoms with van der Waals surface area (Å²) in [5.74, 6) is 1.77. The van der Waals surface area contributed by atoms with Crippen molar-refractivity contribution in [1.29, 1.82) is 0 Å². The molecule has 1 N–H and O–H groups in total. The van der Waals surface area contributed by atoms with E-state index >= 15 is 0 Å². The zero-order valence-corrected chi connectivity index (χ0v) is 13.1. The van der Waals surface area contributed by atoms with Crippen LogP contribution in [0.3, 0.4) is 0 Å². The lowest BCUT2D eigenvalue weighted by Crippen LogP contribution is -2.22. The van der Waals surface area contributed by atoms with E-state index in [9.17, 15) is 0 Å². The van der Waals surface area contributed by atoms with E-state index in [4.69, 9.17) is 9.47 Å². The van der Waals surface area contributed by atoms with Gasteiger partial charge in [-0.3, -0.25) is 0 Å². The third kappa shape index (κ3) is 3.58. The first-order valence-electron chi connectivity index (χ1n) is 8.44. The van der Waals surface area contributed by atoms with Crippen LogP contribution in [-0.4, -0.2) is 26.4 Å². The van der Waals surface area contributed by atoms with Gasteiger partial charge in [-0.15, -0.1) is 0 Å². The number of hydrogen-bond acceptors (Lipinski definition) is 3. The molecule has 0 radical (unpaired) electrons. The Balaban J connectivity index is 1.62. The highest BCUT2D eigenvalue weighted by molar-refractivity contribution is 5.45. The summed E-state index contributed by atoms with van der Waals surface area (Å²) in [5, 5.41) is 3.65. The van der Waals surface area contributed by atoms with E-state index in [1.165, 1.54) is 24.0 Å². The van der Waals surface area contributed by atoms with Gasteiger partial charge in [0, 0.05) is 19.3 Å². The van der Waals surface area contributed by atoms with Gasteiger partial charge in [0.15, 0.2) is 0 Å². The van der Waals surface area contributed by atoms with Crippen molar-refractivity contribution in [3.63, 3.8) is 0 Å². The number of fused-ring (bicyclic) bond motifs is 1. The molecule has 1 atom stereocenters. The summed E-state index contributed by atoms with van der Waals surface area (Å²) in [6.45, 7) is 5.94. The molecule has 1 aliphatic carbocycles. The van der Waals surface area contributed by atoms with Crippen molar-refractivity contribution >= 4 is 0 Å². The first-order chi connectivity index (χ1) is 10.4. The molecule has 21 heavy (non-hydrogen) atoms. The summed E-state index contributed by atoms with van der Waals surface area (Å²) in [5.41, 5.74) is 2.88. The first kappa shape index (κ1) is 14.9. The number of benzene rings is 1. The zero-order valence-electron chi connectivity index (χ0n) is 13.1. The second-order valence-electron chi connectivity index (χ2n) is 6.24. The van der Waals surface area contributed by atoms with E-state index in [0.717, 1.165) is 51.4 Å².